The van der Waals surface area contributed by atoms with Crippen LogP contribution in [0.4, 0.5) is 34.1 Å². The van der Waals surface area contributed by atoms with Crippen LogP contribution in [0.25, 0.3) is 0 Å². The zero-order chi connectivity index (χ0) is 70.7. The molecule has 0 aromatic heterocycles. The molecule has 3 radical (unpaired) electrons. The van der Waals surface area contributed by atoms with E-state index in [9.17, 15) is 98.7 Å². The molecule has 0 saturated carbocycles. The van der Waals surface area contributed by atoms with Gasteiger partial charge in [0.2, 0.25) is 0 Å². The fourth-order valence-electron chi connectivity index (χ4n) is 6.10. The third kappa shape index (κ3) is 85.8. The van der Waals surface area contributed by atoms with Crippen LogP contribution in [0, 0.1) is 11.8 Å². The van der Waals surface area contributed by atoms with Crippen molar-refractivity contribution in [2.24, 2.45) is 0 Å². The summed E-state index contributed by atoms with van der Waals surface area (Å²) in [4.78, 5) is 118. The molecule has 11 N–H and O–H groups in total. The molecule has 2 atom stereocenters. The minimum atomic E-state index is -1.43. The van der Waals surface area contributed by atoms with Crippen LogP contribution in [-0.2, 0) is 67.0 Å². The van der Waals surface area contributed by atoms with Crippen molar-refractivity contribution >= 4 is 109 Å². The van der Waals surface area contributed by atoms with E-state index in [-0.39, 0.29) is 338 Å². The standard InChI is InChI=1S/C19H27N3O7.C12H17N3O4.C7H10O3.C6H8N2.C6H11NO5.C6H9NO5.CN.B.9Na/c1-13(2)19(28)29-12-16(23)9-21-15-5-3-14(4-6-15)20-7-8-22(10-17(24)25)11-18(26)27;13-9-1-3-10(4-2-9)14-5-6-15(7-11(16)17)8-12(18)19;1-5(2)7(8)10-4-6-3-9-6;7-5-1-2-6(8)4-3-5;2*8-2-1-7(3-5(9)10)4-6(11)12;1-2;;;;;;;;;;/h3-6,16,20-21,23H,1,7-12H2,2H3,(H,24,25)(H,26,27);1-4,14H,5-8,13H2,(H,16,17)(H,18,19);6H,1,3-4H2,2H3;1-4H,7-8H2;8H,1-4H2,(H,9,10)(H,11,12);2H,1,3-4H2,(H,9,10)(H,11,12);;;;;;;;;;;/q;;;;;;-1;;9*+1/p-8. The maximum atomic E-state index is 11.3. The second-order valence-corrected chi connectivity index (χ2v) is 18.6. The molecule has 0 aliphatic carbocycles. The van der Waals surface area contributed by atoms with Crippen molar-refractivity contribution in [2.75, 3.05) is 158 Å². The largest absolute Gasteiger partial charge is 1.00 e. The molecule has 35 nitrogen and oxygen atoms in total. The molecule has 2 unspecified atom stereocenters. The van der Waals surface area contributed by atoms with E-state index in [4.69, 9.17) is 48.4 Å². The van der Waals surface area contributed by atoms with Crippen LogP contribution in [0.2, 0.25) is 0 Å². The SMILES string of the molecule is C=C(C)C(=O)OCC(O)CNc1ccc(NCCN(CC(=O)[O-])CC(=O)[O-])cc1.C=C(C)C(=O)OCC1CO1.Nc1ccc(N)cc1.Nc1ccc(NCCN(CC(=O)[O-])CC(=O)[O-])cc1.O=C([O-])CN(CCO)CC(=O)[O-].O=CCN(CC(=O)[O-])CC(=O)[O-].[B].[C-]#N.[Na+].[Na+].[Na+].[Na+].[Na+].[Na+].[Na+].[Na+].[Na+]. The molecule has 1 saturated heterocycles. The maximum Gasteiger partial charge on any atom is 1.00 e. The summed E-state index contributed by atoms with van der Waals surface area (Å²) in [6.07, 6.45) is -0.330. The number of epoxide rings is 1. The van der Waals surface area contributed by atoms with Crippen LogP contribution in [-0.4, -0.2) is 241 Å². The van der Waals surface area contributed by atoms with Crippen molar-refractivity contribution in [3.05, 3.63) is 104 Å². The first-order valence-electron chi connectivity index (χ1n) is 26.7. The first-order valence-corrected chi connectivity index (χ1v) is 26.7. The Bertz CT molecular complexity index is 2740. The number of aliphatic hydroxyl groups is 2. The number of nitrogens with two attached hydrogens (primary N) is 3. The topological polar surface area (TPSA) is 595 Å². The number of carbonyl (C=O) groups excluding carboxylic acids is 11. The number of nitrogens with zero attached hydrogens (tertiary/aromatic N) is 5. The third-order valence-electron chi connectivity index (χ3n) is 10.3. The smallest absolute Gasteiger partial charge is 0.549 e. The number of carboxylic acid groups (broad SMARTS) is 8. The van der Waals surface area contributed by atoms with E-state index >= 15 is 0 Å². The van der Waals surface area contributed by atoms with Crippen molar-refractivity contribution < 1.29 is 384 Å². The Labute approximate surface area is 793 Å². The van der Waals surface area contributed by atoms with Gasteiger partial charge in [0.1, 0.15) is 31.7 Å². The maximum absolute atomic E-state index is 11.3. The number of esters is 2. The quantitative estimate of drug-likeness (QED) is 0.00505. The predicted molar refractivity (Wildman–Crippen MR) is 315 cm³/mol. The summed E-state index contributed by atoms with van der Waals surface area (Å²) in [5.74, 6) is -11.9. The average Bonchev–Trinajstić information content (AvgIpc) is 1.15. The summed E-state index contributed by atoms with van der Waals surface area (Å²) in [6.45, 7) is 12.3. The second kappa shape index (κ2) is 82.1. The van der Waals surface area contributed by atoms with E-state index in [1.807, 2.05) is 0 Å². The molecule has 0 amide bonds. The van der Waals surface area contributed by atoms with Gasteiger partial charge in [-0.1, -0.05) is 13.2 Å². The van der Waals surface area contributed by atoms with Gasteiger partial charge in [-0.3, -0.25) is 19.6 Å². The molecule has 4 rings (SSSR count). The molecule has 1 aliphatic heterocycles. The molecule has 102 heavy (non-hydrogen) atoms. The van der Waals surface area contributed by atoms with E-state index in [0.717, 1.165) is 38.2 Å². The number of nitrogen functional groups attached to an aromatic ring is 3. The zero-order valence-electron chi connectivity index (χ0n) is 59.9. The summed E-state index contributed by atoms with van der Waals surface area (Å²) in [5.41, 5.74) is 21.4. The summed E-state index contributed by atoms with van der Waals surface area (Å²) >= 11 is 0. The molecule has 1 aliphatic rings. The fourth-order valence-corrected chi connectivity index (χ4v) is 6.10. The first-order chi connectivity index (χ1) is 43.2. The van der Waals surface area contributed by atoms with Gasteiger partial charge in [-0.25, -0.2) is 9.59 Å². The van der Waals surface area contributed by atoms with Crippen LogP contribution in [0.1, 0.15) is 13.8 Å². The average molecular weight is 1510 g/mol. The molecule has 3 aromatic rings. The van der Waals surface area contributed by atoms with E-state index in [2.05, 4.69) is 29.1 Å². The molecule has 1 heterocycles. The Balaban J connectivity index is -0.0000000869. The Morgan fingerprint density at radius 2 is 0.775 bits per heavy atom. The van der Waals surface area contributed by atoms with Gasteiger partial charge in [-0.05, 0) is 86.6 Å². The number of aldehydes is 1. The number of hydrogen-bond donors (Lipinski definition) is 8. The number of anilines is 6. The number of carboxylic acids is 8. The van der Waals surface area contributed by atoms with Crippen molar-refractivity contribution in [3.63, 3.8) is 0 Å². The van der Waals surface area contributed by atoms with Crippen LogP contribution in [0.15, 0.2) is 97.1 Å². The summed E-state index contributed by atoms with van der Waals surface area (Å²) in [6, 6.07) is 21.1. The Kier molecular flexibility index (Phi) is 105. The van der Waals surface area contributed by atoms with Gasteiger partial charge < -0.3 is 153 Å². The minimum absolute atomic E-state index is 0. The van der Waals surface area contributed by atoms with Gasteiger partial charge in [0.15, 0.2) is 0 Å². The van der Waals surface area contributed by atoms with Crippen molar-refractivity contribution in [1.82, 2.24) is 19.6 Å². The number of nitrogens with one attached hydrogen (secondary N) is 3. The van der Waals surface area contributed by atoms with Gasteiger partial charge in [0.25, 0.3) is 0 Å². The van der Waals surface area contributed by atoms with Gasteiger partial charge in [-0.2, -0.15) is 0 Å². The molecule has 45 heteroatoms. The van der Waals surface area contributed by atoms with E-state index < -0.39 is 112 Å². The predicted octanol–water partition coefficient (Wildman–Crippen LogP) is -38.9. The molecule has 0 bridgehead atoms. The summed E-state index contributed by atoms with van der Waals surface area (Å²) in [5, 5.41) is 116. The Morgan fingerprint density at radius 3 is 1.04 bits per heavy atom. The Morgan fingerprint density at radius 1 is 0.520 bits per heavy atom. The van der Waals surface area contributed by atoms with E-state index in [1.54, 1.807) is 79.7 Å². The third-order valence-corrected chi connectivity index (χ3v) is 10.3. The second-order valence-electron chi connectivity index (χ2n) is 18.6. The minimum Gasteiger partial charge on any atom is -0.549 e. The van der Waals surface area contributed by atoms with Crippen molar-refractivity contribution in [3.8, 4) is 0 Å². The number of ether oxygens (including phenoxy) is 3. The molecule has 1 fully saturated rings. The number of aliphatic carboxylic acids is 8. The fraction of sp³-hybridized carbons (Fsp3) is 0.404. The number of rotatable bonds is 37. The van der Waals surface area contributed by atoms with E-state index in [1.165, 1.54) is 16.7 Å². The molecule has 513 valence electrons. The number of carbonyl (C=O) groups is 11. The number of aliphatic hydroxyl groups excluding tert-OH is 2. The Hall–Kier alpha value is -1.42. The molecule has 0 spiro atoms. The molecular weight excluding hydrogens is 1440 g/mol. The summed E-state index contributed by atoms with van der Waals surface area (Å²) < 4.78 is 14.5. The van der Waals surface area contributed by atoms with Gasteiger partial charge in [0, 0.05) is 145 Å². The van der Waals surface area contributed by atoms with Gasteiger partial charge in [0.05, 0.1) is 67.5 Å². The number of hydrogen-bond acceptors (Lipinski definition) is 35. The van der Waals surface area contributed by atoms with Crippen molar-refractivity contribution in [1.29, 1.82) is 5.26 Å². The van der Waals surface area contributed by atoms with E-state index in [0.29, 0.717) is 43.8 Å². The number of benzene rings is 3. The zero-order valence-corrected chi connectivity index (χ0v) is 77.9. The normalized spacial score (nSPS) is 10.4. The van der Waals surface area contributed by atoms with Gasteiger partial charge >= 0.3 is 278 Å². The van der Waals surface area contributed by atoms with Crippen LogP contribution in [0.5, 0.6) is 0 Å². The summed E-state index contributed by atoms with van der Waals surface area (Å²) in [7, 11) is 0. The molecule has 3 aromatic carbocycles. The van der Waals surface area contributed by atoms with Crippen molar-refractivity contribution in [2.45, 2.75) is 26.1 Å². The first kappa shape index (κ1) is 130. The molecular formula is C57H74BN11Na9O24. The monoisotopic (exact) mass is 1510 g/mol. The van der Waals surface area contributed by atoms with Crippen LogP contribution >= 0.6 is 0 Å². The van der Waals surface area contributed by atoms with Crippen LogP contribution < -0.4 is 340 Å². The van der Waals surface area contributed by atoms with Crippen LogP contribution in [0.3, 0.4) is 0 Å². The van der Waals surface area contributed by atoms with Gasteiger partial charge in [-0.15, -0.1) is 0 Å².